The third-order valence-corrected chi connectivity index (χ3v) is 1.32. The van der Waals surface area contributed by atoms with Crippen LogP contribution in [0.1, 0.15) is 6.42 Å². The predicted molar refractivity (Wildman–Crippen MR) is 37.8 cm³/mol. The molecule has 0 aromatic carbocycles. The van der Waals surface area contributed by atoms with Crippen LogP contribution in [0, 0.1) is 0 Å². The van der Waals surface area contributed by atoms with Crippen molar-refractivity contribution in [3.8, 4) is 0 Å². The van der Waals surface area contributed by atoms with Gasteiger partial charge in [-0.3, -0.25) is 0 Å². The van der Waals surface area contributed by atoms with Crippen molar-refractivity contribution in [3.63, 3.8) is 0 Å². The number of rotatable bonds is 3. The molecule has 0 aliphatic heterocycles. The lowest BCUT2D eigenvalue weighted by molar-refractivity contribution is 0.180. The van der Waals surface area contributed by atoms with Gasteiger partial charge in [-0.1, -0.05) is 6.08 Å². The van der Waals surface area contributed by atoms with Crippen molar-refractivity contribution in [3.05, 3.63) is 12.7 Å². The fourth-order valence-electron chi connectivity index (χ4n) is 0.310. The molecule has 2 nitrogen and oxygen atoms in total. The molecule has 2 unspecified atom stereocenters. The predicted octanol–water partition coefficient (Wildman–Crippen LogP) is 0.138. The minimum atomic E-state index is -0.837. The van der Waals surface area contributed by atoms with Gasteiger partial charge >= 0.3 is 0 Å². The van der Waals surface area contributed by atoms with Gasteiger partial charge in [-0.05, 0) is 6.42 Å². The van der Waals surface area contributed by atoms with Gasteiger partial charge in [0, 0.05) is 5.25 Å². The Kier molecular flexibility index (Phi) is 3.95. The van der Waals surface area contributed by atoms with E-state index in [1.807, 2.05) is 0 Å². The molecule has 0 aromatic rings. The van der Waals surface area contributed by atoms with Gasteiger partial charge in [-0.25, -0.2) is 0 Å². The fraction of sp³-hybridized carbons (Fsp3) is 0.600. The molecule has 0 aromatic heterocycles. The SMILES string of the molecule is C=CCC(S)C(N)O. The molecule has 0 saturated carbocycles. The van der Waals surface area contributed by atoms with Crippen LogP contribution in [0.3, 0.4) is 0 Å². The smallest absolute Gasteiger partial charge is 0.114 e. The molecule has 0 aliphatic rings. The lowest BCUT2D eigenvalue weighted by atomic mass is 10.3. The van der Waals surface area contributed by atoms with Crippen molar-refractivity contribution < 1.29 is 5.11 Å². The van der Waals surface area contributed by atoms with Crippen LogP contribution in [-0.2, 0) is 0 Å². The summed E-state index contributed by atoms with van der Waals surface area (Å²) in [6.07, 6.45) is 1.48. The zero-order valence-electron chi connectivity index (χ0n) is 4.62. The Morgan fingerprint density at radius 3 is 2.50 bits per heavy atom. The van der Waals surface area contributed by atoms with E-state index in [-0.39, 0.29) is 5.25 Å². The topological polar surface area (TPSA) is 46.2 Å². The van der Waals surface area contributed by atoms with E-state index >= 15 is 0 Å². The van der Waals surface area contributed by atoms with E-state index < -0.39 is 6.23 Å². The summed E-state index contributed by atoms with van der Waals surface area (Å²) in [7, 11) is 0. The van der Waals surface area contributed by atoms with Gasteiger partial charge in [0.15, 0.2) is 0 Å². The minimum Gasteiger partial charge on any atom is -0.378 e. The molecule has 0 aliphatic carbocycles. The molecule has 0 saturated heterocycles. The molecule has 0 spiro atoms. The zero-order valence-corrected chi connectivity index (χ0v) is 5.51. The Balaban J connectivity index is 3.30. The van der Waals surface area contributed by atoms with E-state index in [9.17, 15) is 0 Å². The van der Waals surface area contributed by atoms with Crippen molar-refractivity contribution in [2.75, 3.05) is 0 Å². The molecule has 8 heavy (non-hydrogen) atoms. The van der Waals surface area contributed by atoms with E-state index in [1.54, 1.807) is 6.08 Å². The van der Waals surface area contributed by atoms with Gasteiger partial charge in [-0.2, -0.15) is 12.6 Å². The summed E-state index contributed by atoms with van der Waals surface area (Å²) in [5.74, 6) is 0. The van der Waals surface area contributed by atoms with E-state index in [1.165, 1.54) is 0 Å². The van der Waals surface area contributed by atoms with Crippen molar-refractivity contribution in [1.82, 2.24) is 0 Å². The summed E-state index contributed by atoms with van der Waals surface area (Å²) in [5, 5.41) is 8.43. The largest absolute Gasteiger partial charge is 0.378 e. The number of nitrogens with two attached hydrogens (primary N) is 1. The van der Waals surface area contributed by atoms with Gasteiger partial charge in [0.2, 0.25) is 0 Å². The highest BCUT2D eigenvalue weighted by Crippen LogP contribution is 2.02. The fourth-order valence-corrected chi connectivity index (χ4v) is 0.459. The number of thiol groups is 1. The molecule has 0 bridgehead atoms. The minimum absolute atomic E-state index is 0.174. The van der Waals surface area contributed by atoms with Crippen LogP contribution in [0.25, 0.3) is 0 Å². The van der Waals surface area contributed by atoms with Crippen molar-refractivity contribution in [2.45, 2.75) is 17.9 Å². The lowest BCUT2D eigenvalue weighted by Crippen LogP contribution is -2.29. The first-order valence-electron chi connectivity index (χ1n) is 2.41. The molecule has 0 amide bonds. The quantitative estimate of drug-likeness (QED) is 0.291. The maximum Gasteiger partial charge on any atom is 0.114 e. The molecule has 48 valence electrons. The molecule has 0 fully saturated rings. The van der Waals surface area contributed by atoms with Gasteiger partial charge < -0.3 is 10.8 Å². The second-order valence-electron chi connectivity index (χ2n) is 1.58. The van der Waals surface area contributed by atoms with Crippen LogP contribution >= 0.6 is 12.6 Å². The van der Waals surface area contributed by atoms with Crippen LogP contribution < -0.4 is 5.73 Å². The van der Waals surface area contributed by atoms with Crippen LogP contribution in [-0.4, -0.2) is 16.6 Å². The number of hydrogen-bond acceptors (Lipinski definition) is 3. The van der Waals surface area contributed by atoms with E-state index in [0.717, 1.165) is 0 Å². The van der Waals surface area contributed by atoms with E-state index in [2.05, 4.69) is 19.2 Å². The van der Waals surface area contributed by atoms with Gasteiger partial charge in [0.25, 0.3) is 0 Å². The monoisotopic (exact) mass is 133 g/mol. The Hall–Kier alpha value is 0.01000. The summed E-state index contributed by atoms with van der Waals surface area (Å²) in [6, 6.07) is 0. The summed E-state index contributed by atoms with van der Waals surface area (Å²) < 4.78 is 0. The van der Waals surface area contributed by atoms with Crippen molar-refractivity contribution in [2.24, 2.45) is 5.73 Å². The molecule has 2 atom stereocenters. The lowest BCUT2D eigenvalue weighted by Gasteiger charge is -2.09. The van der Waals surface area contributed by atoms with Gasteiger partial charge in [0.1, 0.15) is 6.23 Å². The maximum absolute atomic E-state index is 8.61. The van der Waals surface area contributed by atoms with Crippen LogP contribution in [0.2, 0.25) is 0 Å². The van der Waals surface area contributed by atoms with Crippen molar-refractivity contribution >= 4 is 12.6 Å². The first kappa shape index (κ1) is 8.01. The van der Waals surface area contributed by atoms with Crippen LogP contribution in [0.5, 0.6) is 0 Å². The Labute approximate surface area is 54.8 Å². The first-order chi connectivity index (χ1) is 3.68. The first-order valence-corrected chi connectivity index (χ1v) is 2.92. The average molecular weight is 133 g/mol. The average Bonchev–Trinajstić information content (AvgIpc) is 1.67. The molecule has 3 heteroatoms. The highest BCUT2D eigenvalue weighted by molar-refractivity contribution is 7.81. The third kappa shape index (κ3) is 3.07. The standard InChI is InChI=1S/C5H11NOS/c1-2-3-4(8)5(6)7/h2,4-5,7-8H,1,3,6H2. The summed E-state index contributed by atoms with van der Waals surface area (Å²) in [6.45, 7) is 3.47. The Bertz CT molecular complexity index is 74.8. The molecule has 0 radical (unpaired) electrons. The Morgan fingerprint density at radius 2 is 2.38 bits per heavy atom. The van der Waals surface area contributed by atoms with Crippen LogP contribution in [0.4, 0.5) is 0 Å². The highest BCUT2D eigenvalue weighted by atomic mass is 32.1. The zero-order chi connectivity index (χ0) is 6.57. The highest BCUT2D eigenvalue weighted by Gasteiger charge is 2.05. The molecular weight excluding hydrogens is 122 g/mol. The van der Waals surface area contributed by atoms with E-state index in [4.69, 9.17) is 10.8 Å². The molecule has 3 N–H and O–H groups in total. The summed E-state index contributed by atoms with van der Waals surface area (Å²) >= 11 is 3.96. The number of hydrogen-bond donors (Lipinski definition) is 3. The maximum atomic E-state index is 8.61. The third-order valence-electron chi connectivity index (χ3n) is 0.802. The van der Waals surface area contributed by atoms with Gasteiger partial charge in [-0.15, -0.1) is 6.58 Å². The van der Waals surface area contributed by atoms with Crippen molar-refractivity contribution in [1.29, 1.82) is 0 Å². The normalized spacial score (nSPS) is 17.4. The second kappa shape index (κ2) is 3.95. The summed E-state index contributed by atoms with van der Waals surface area (Å²) in [4.78, 5) is 0. The Morgan fingerprint density at radius 1 is 1.88 bits per heavy atom. The summed E-state index contributed by atoms with van der Waals surface area (Å²) in [5.41, 5.74) is 5.05. The molecule has 0 rings (SSSR count). The van der Waals surface area contributed by atoms with E-state index in [0.29, 0.717) is 6.42 Å². The van der Waals surface area contributed by atoms with Crippen LogP contribution in [0.15, 0.2) is 12.7 Å². The molecular formula is C5H11NOS. The number of aliphatic hydroxyl groups excluding tert-OH is 1. The second-order valence-corrected chi connectivity index (χ2v) is 2.25. The number of aliphatic hydroxyl groups is 1. The molecule has 0 heterocycles. The number of allylic oxidation sites excluding steroid dienone is 1. The van der Waals surface area contributed by atoms with Gasteiger partial charge in [0.05, 0.1) is 0 Å².